The molecule has 1 amide bonds. The molecule has 1 rings (SSSR count). The quantitative estimate of drug-likeness (QED) is 0.436. The molecule has 1 fully saturated rings. The maximum Gasteiger partial charge on any atom is 0.298 e. The third-order valence-corrected chi connectivity index (χ3v) is 2.72. The lowest BCUT2D eigenvalue weighted by Crippen LogP contribution is -2.40. The zero-order valence-corrected chi connectivity index (χ0v) is 10.1. The van der Waals surface area contributed by atoms with Crippen LogP contribution in [0.3, 0.4) is 0 Å². The van der Waals surface area contributed by atoms with Gasteiger partial charge in [0.2, 0.25) is 0 Å². The Morgan fingerprint density at radius 3 is 2.36 bits per heavy atom. The molecular formula is C10H17NO2Si. The Morgan fingerprint density at radius 1 is 1.29 bits per heavy atom. The number of hydrogen-bond donors (Lipinski definition) is 0. The molecule has 0 spiro atoms. The van der Waals surface area contributed by atoms with Crippen LogP contribution in [0, 0.1) is 11.5 Å². The fourth-order valence-corrected chi connectivity index (χ4v) is 1.57. The molecular weight excluding hydrogens is 194 g/mol. The SMILES string of the molecule is C[Si](C)(C)C#CC(=O)N1CCOCC1. The van der Waals surface area contributed by atoms with E-state index in [0.717, 1.165) is 0 Å². The summed E-state index contributed by atoms with van der Waals surface area (Å²) in [6.07, 6.45) is 0. The molecule has 0 N–H and O–H groups in total. The molecule has 0 aromatic carbocycles. The molecule has 1 saturated heterocycles. The van der Waals surface area contributed by atoms with Gasteiger partial charge in [-0.3, -0.25) is 4.79 Å². The van der Waals surface area contributed by atoms with Gasteiger partial charge in [0.15, 0.2) is 0 Å². The van der Waals surface area contributed by atoms with Crippen molar-refractivity contribution in [3.8, 4) is 11.5 Å². The van der Waals surface area contributed by atoms with E-state index in [2.05, 4.69) is 31.1 Å². The van der Waals surface area contributed by atoms with E-state index in [0.29, 0.717) is 26.3 Å². The summed E-state index contributed by atoms with van der Waals surface area (Å²) in [6, 6.07) is 0. The minimum atomic E-state index is -1.42. The van der Waals surface area contributed by atoms with E-state index in [1.54, 1.807) is 4.90 Å². The fourth-order valence-electron chi connectivity index (χ4n) is 1.09. The number of morpholine rings is 1. The van der Waals surface area contributed by atoms with E-state index in [1.165, 1.54) is 0 Å². The lowest BCUT2D eigenvalue weighted by atomic mass is 10.4. The van der Waals surface area contributed by atoms with Crippen LogP contribution in [-0.2, 0) is 9.53 Å². The van der Waals surface area contributed by atoms with Crippen molar-refractivity contribution in [2.45, 2.75) is 19.6 Å². The Labute approximate surface area is 86.4 Å². The van der Waals surface area contributed by atoms with E-state index >= 15 is 0 Å². The van der Waals surface area contributed by atoms with Crippen molar-refractivity contribution in [3.63, 3.8) is 0 Å². The summed E-state index contributed by atoms with van der Waals surface area (Å²) < 4.78 is 5.16. The monoisotopic (exact) mass is 211 g/mol. The summed E-state index contributed by atoms with van der Waals surface area (Å²) >= 11 is 0. The zero-order chi connectivity index (χ0) is 10.6. The number of hydrogen-bond acceptors (Lipinski definition) is 2. The maximum absolute atomic E-state index is 11.6. The average Bonchev–Trinajstić information content (AvgIpc) is 2.14. The standard InChI is InChI=1S/C10H17NO2Si/c1-14(2,3)9-4-10(12)11-5-7-13-8-6-11/h5-8H2,1-3H3. The van der Waals surface area contributed by atoms with Crippen molar-refractivity contribution in [3.05, 3.63) is 0 Å². The third-order valence-electron chi connectivity index (χ3n) is 1.84. The Morgan fingerprint density at radius 2 is 1.86 bits per heavy atom. The van der Waals surface area contributed by atoms with Gasteiger partial charge in [0, 0.05) is 13.1 Å². The summed E-state index contributed by atoms with van der Waals surface area (Å²) in [5, 5.41) is 0. The van der Waals surface area contributed by atoms with Gasteiger partial charge in [-0.15, -0.1) is 5.54 Å². The molecule has 14 heavy (non-hydrogen) atoms. The molecule has 1 aliphatic heterocycles. The Bertz CT molecular complexity index is 266. The van der Waals surface area contributed by atoms with Gasteiger partial charge in [-0.25, -0.2) is 0 Å². The van der Waals surface area contributed by atoms with Crippen molar-refractivity contribution in [2.24, 2.45) is 0 Å². The minimum absolute atomic E-state index is 0.0456. The highest BCUT2D eigenvalue weighted by atomic mass is 28.3. The lowest BCUT2D eigenvalue weighted by Gasteiger charge is -2.24. The van der Waals surface area contributed by atoms with Gasteiger partial charge in [-0.2, -0.15) is 0 Å². The second kappa shape index (κ2) is 4.62. The maximum atomic E-state index is 11.6. The molecule has 78 valence electrons. The van der Waals surface area contributed by atoms with Crippen LogP contribution in [0.2, 0.25) is 19.6 Å². The molecule has 0 saturated carbocycles. The largest absolute Gasteiger partial charge is 0.378 e. The molecule has 0 radical (unpaired) electrons. The van der Waals surface area contributed by atoms with E-state index in [1.807, 2.05) is 0 Å². The highest BCUT2D eigenvalue weighted by Gasteiger charge is 2.15. The summed E-state index contributed by atoms with van der Waals surface area (Å²) in [5.74, 6) is 2.69. The van der Waals surface area contributed by atoms with Crippen molar-refractivity contribution >= 4 is 14.0 Å². The van der Waals surface area contributed by atoms with Gasteiger partial charge in [0.25, 0.3) is 5.91 Å². The van der Waals surface area contributed by atoms with Gasteiger partial charge in [0.05, 0.1) is 13.2 Å². The third kappa shape index (κ3) is 3.94. The Hall–Kier alpha value is -0.793. The first-order valence-corrected chi connectivity index (χ1v) is 8.39. The number of rotatable bonds is 0. The van der Waals surface area contributed by atoms with Crippen molar-refractivity contribution < 1.29 is 9.53 Å². The molecule has 0 atom stereocenters. The molecule has 4 heteroatoms. The van der Waals surface area contributed by atoms with Crippen molar-refractivity contribution in [1.29, 1.82) is 0 Å². The number of nitrogens with zero attached hydrogens (tertiary/aromatic N) is 1. The molecule has 0 aliphatic carbocycles. The average molecular weight is 211 g/mol. The summed E-state index contributed by atoms with van der Waals surface area (Å²) in [4.78, 5) is 13.3. The Kier molecular flexibility index (Phi) is 3.73. The fraction of sp³-hybridized carbons (Fsp3) is 0.700. The smallest absolute Gasteiger partial charge is 0.298 e. The van der Waals surface area contributed by atoms with Crippen LogP contribution >= 0.6 is 0 Å². The van der Waals surface area contributed by atoms with E-state index in [4.69, 9.17) is 4.74 Å². The van der Waals surface area contributed by atoms with E-state index < -0.39 is 8.07 Å². The van der Waals surface area contributed by atoms with E-state index in [9.17, 15) is 4.79 Å². The lowest BCUT2D eigenvalue weighted by molar-refractivity contribution is -0.129. The summed E-state index contributed by atoms with van der Waals surface area (Å²) in [5.41, 5.74) is 3.08. The normalized spacial score (nSPS) is 17.2. The minimum Gasteiger partial charge on any atom is -0.378 e. The number of carbonyl (C=O) groups is 1. The predicted octanol–water partition coefficient (Wildman–Crippen LogP) is 0.726. The molecule has 3 nitrogen and oxygen atoms in total. The summed E-state index contributed by atoms with van der Waals surface area (Å²) in [7, 11) is -1.42. The van der Waals surface area contributed by atoms with Gasteiger partial charge >= 0.3 is 0 Å². The van der Waals surface area contributed by atoms with Crippen molar-refractivity contribution in [1.82, 2.24) is 4.90 Å². The van der Waals surface area contributed by atoms with Crippen LogP contribution in [0.5, 0.6) is 0 Å². The van der Waals surface area contributed by atoms with Crippen LogP contribution in [-0.4, -0.2) is 45.2 Å². The van der Waals surface area contributed by atoms with Crippen LogP contribution in [0.1, 0.15) is 0 Å². The number of ether oxygens (including phenoxy) is 1. The molecule has 1 heterocycles. The molecule has 0 aromatic heterocycles. The first-order chi connectivity index (χ1) is 6.49. The molecule has 0 aromatic rings. The van der Waals surface area contributed by atoms with Gasteiger partial charge in [-0.1, -0.05) is 19.6 Å². The van der Waals surface area contributed by atoms with Crippen LogP contribution < -0.4 is 0 Å². The Balaban J connectivity index is 2.51. The molecule has 0 bridgehead atoms. The second-order valence-electron chi connectivity index (χ2n) is 4.40. The number of amides is 1. The second-order valence-corrected chi connectivity index (χ2v) is 9.15. The predicted molar refractivity (Wildman–Crippen MR) is 58.5 cm³/mol. The van der Waals surface area contributed by atoms with Crippen LogP contribution in [0.4, 0.5) is 0 Å². The highest BCUT2D eigenvalue weighted by Crippen LogP contribution is 1.99. The summed E-state index contributed by atoms with van der Waals surface area (Å²) in [6.45, 7) is 9.03. The number of carbonyl (C=O) groups excluding carboxylic acids is 1. The van der Waals surface area contributed by atoms with Gasteiger partial charge in [0.1, 0.15) is 8.07 Å². The van der Waals surface area contributed by atoms with Gasteiger partial charge in [-0.05, 0) is 5.92 Å². The zero-order valence-electron chi connectivity index (χ0n) is 9.09. The topological polar surface area (TPSA) is 29.5 Å². The first-order valence-electron chi connectivity index (χ1n) is 4.89. The van der Waals surface area contributed by atoms with Crippen LogP contribution in [0.15, 0.2) is 0 Å². The molecule has 0 unspecified atom stereocenters. The molecule has 1 aliphatic rings. The van der Waals surface area contributed by atoms with Crippen LogP contribution in [0.25, 0.3) is 0 Å². The van der Waals surface area contributed by atoms with Crippen molar-refractivity contribution in [2.75, 3.05) is 26.3 Å². The van der Waals surface area contributed by atoms with E-state index in [-0.39, 0.29) is 5.91 Å². The first kappa shape index (κ1) is 11.3. The highest BCUT2D eigenvalue weighted by molar-refractivity contribution is 6.84. The van der Waals surface area contributed by atoms with Gasteiger partial charge < -0.3 is 9.64 Å².